The highest BCUT2D eigenvalue weighted by molar-refractivity contribution is 9.10. The maximum Gasteiger partial charge on any atom is 0.176 e. The van der Waals surface area contributed by atoms with Gasteiger partial charge in [0.15, 0.2) is 5.82 Å². The Kier molecular flexibility index (Phi) is 5.51. The fourth-order valence-electron chi connectivity index (χ4n) is 1.94. The number of hydrogen-bond acceptors (Lipinski definition) is 4. The van der Waals surface area contributed by atoms with E-state index in [0.29, 0.717) is 11.4 Å². The summed E-state index contributed by atoms with van der Waals surface area (Å²) in [5.74, 6) is 0.722. The minimum atomic E-state index is 0.129. The molecular formula is C13H17BrClN5. The Morgan fingerprint density at radius 1 is 1.45 bits per heavy atom. The number of rotatable bonds is 6. The van der Waals surface area contributed by atoms with Crippen molar-refractivity contribution < 1.29 is 0 Å². The molecule has 1 heterocycles. The second-order valence-corrected chi connectivity index (χ2v) is 5.84. The molecule has 0 spiro atoms. The van der Waals surface area contributed by atoms with Crippen LogP contribution < -0.4 is 5.32 Å². The van der Waals surface area contributed by atoms with Gasteiger partial charge in [-0.1, -0.05) is 24.6 Å². The van der Waals surface area contributed by atoms with Crippen LogP contribution >= 0.6 is 27.5 Å². The fourth-order valence-corrected chi connectivity index (χ4v) is 2.38. The molecule has 0 saturated carbocycles. The average molecular weight is 359 g/mol. The predicted molar refractivity (Wildman–Crippen MR) is 82.7 cm³/mol. The highest BCUT2D eigenvalue weighted by Gasteiger charge is 2.15. The summed E-state index contributed by atoms with van der Waals surface area (Å²) >= 11 is 9.59. The van der Waals surface area contributed by atoms with Gasteiger partial charge in [-0.25, -0.2) is 0 Å². The molecule has 0 aliphatic rings. The third kappa shape index (κ3) is 4.01. The zero-order valence-electron chi connectivity index (χ0n) is 11.5. The highest BCUT2D eigenvalue weighted by atomic mass is 79.9. The maximum atomic E-state index is 6.18. The molecule has 20 heavy (non-hydrogen) atoms. The number of hydrogen-bond donors (Lipinski definition) is 1. The van der Waals surface area contributed by atoms with E-state index in [1.165, 1.54) is 4.80 Å². The van der Waals surface area contributed by atoms with Crippen LogP contribution in [0.5, 0.6) is 0 Å². The fraction of sp³-hybridized carbons (Fsp3) is 0.462. The Labute approximate surface area is 131 Å². The lowest BCUT2D eigenvalue weighted by Crippen LogP contribution is -2.24. The molecule has 0 radical (unpaired) electrons. The molecule has 0 fully saturated rings. The number of benzene rings is 1. The normalized spacial score (nSPS) is 12.6. The number of tetrazole rings is 1. The van der Waals surface area contributed by atoms with E-state index in [2.05, 4.69) is 49.6 Å². The topological polar surface area (TPSA) is 55.6 Å². The Bertz CT molecular complexity index is 572. The first-order chi connectivity index (χ1) is 9.60. The summed E-state index contributed by atoms with van der Waals surface area (Å²) < 4.78 is 0.898. The first-order valence-corrected chi connectivity index (χ1v) is 7.68. The summed E-state index contributed by atoms with van der Waals surface area (Å²) in [6, 6.07) is 6.11. The minimum Gasteiger partial charge on any atom is -0.310 e. The van der Waals surface area contributed by atoms with Crippen molar-refractivity contribution in [1.82, 2.24) is 25.5 Å². The van der Waals surface area contributed by atoms with Crippen molar-refractivity contribution >= 4 is 27.5 Å². The van der Waals surface area contributed by atoms with E-state index < -0.39 is 0 Å². The lowest BCUT2D eigenvalue weighted by Gasteiger charge is -2.18. The van der Waals surface area contributed by atoms with Crippen LogP contribution in [0.25, 0.3) is 0 Å². The molecule has 0 amide bonds. The molecule has 0 aliphatic carbocycles. The molecule has 1 atom stereocenters. The Morgan fingerprint density at radius 3 is 2.85 bits per heavy atom. The number of aromatic nitrogens is 4. The minimum absolute atomic E-state index is 0.129. The van der Waals surface area contributed by atoms with E-state index in [4.69, 9.17) is 11.6 Å². The summed E-state index contributed by atoms with van der Waals surface area (Å²) in [5.41, 5.74) is 1.12. The van der Waals surface area contributed by atoms with Gasteiger partial charge in [-0.05, 0) is 51.8 Å². The third-order valence-corrected chi connectivity index (χ3v) is 4.16. The monoisotopic (exact) mass is 357 g/mol. The molecule has 1 aromatic heterocycles. The van der Waals surface area contributed by atoms with Crippen LogP contribution in [0.3, 0.4) is 0 Å². The first-order valence-electron chi connectivity index (χ1n) is 6.51. The average Bonchev–Trinajstić information content (AvgIpc) is 2.83. The molecule has 1 aromatic carbocycles. The zero-order chi connectivity index (χ0) is 14.5. The van der Waals surface area contributed by atoms with E-state index >= 15 is 0 Å². The van der Waals surface area contributed by atoms with Gasteiger partial charge in [0.2, 0.25) is 0 Å². The van der Waals surface area contributed by atoms with Gasteiger partial charge in [-0.3, -0.25) is 0 Å². The summed E-state index contributed by atoms with van der Waals surface area (Å²) in [6.45, 7) is 3.07. The van der Waals surface area contributed by atoms with Crippen molar-refractivity contribution in [2.24, 2.45) is 7.05 Å². The molecule has 1 unspecified atom stereocenters. The quantitative estimate of drug-likeness (QED) is 0.862. The second-order valence-electron chi connectivity index (χ2n) is 4.58. The number of nitrogens with one attached hydrogen (secondary N) is 1. The molecule has 108 valence electrons. The number of halogens is 2. The largest absolute Gasteiger partial charge is 0.310 e. The van der Waals surface area contributed by atoms with E-state index in [0.717, 1.165) is 28.8 Å². The van der Waals surface area contributed by atoms with Crippen LogP contribution in [0, 0.1) is 0 Å². The molecular weight excluding hydrogens is 342 g/mol. The standard InChI is InChI=1S/C13H17BrClN5/c1-3-6-16-12(8-13-17-19-20(2)18-13)9-4-5-10(14)11(15)7-9/h4-5,7,12,16H,3,6,8H2,1-2H3. The van der Waals surface area contributed by atoms with Crippen LogP contribution in [0.1, 0.15) is 30.8 Å². The van der Waals surface area contributed by atoms with Gasteiger partial charge < -0.3 is 5.32 Å². The number of aryl methyl sites for hydroxylation is 1. The second kappa shape index (κ2) is 7.15. The summed E-state index contributed by atoms with van der Waals surface area (Å²) in [6.07, 6.45) is 1.75. The Balaban J connectivity index is 2.19. The van der Waals surface area contributed by atoms with Gasteiger partial charge in [-0.2, -0.15) is 4.80 Å². The molecule has 0 aliphatic heterocycles. The summed E-state index contributed by atoms with van der Waals surface area (Å²) in [5, 5.41) is 16.4. The lowest BCUT2D eigenvalue weighted by molar-refractivity contribution is 0.517. The molecule has 0 saturated heterocycles. The van der Waals surface area contributed by atoms with Gasteiger partial charge in [0, 0.05) is 16.9 Å². The van der Waals surface area contributed by atoms with Crippen LogP contribution in [-0.2, 0) is 13.5 Å². The highest BCUT2D eigenvalue weighted by Crippen LogP contribution is 2.27. The maximum absolute atomic E-state index is 6.18. The van der Waals surface area contributed by atoms with Crippen molar-refractivity contribution in [2.75, 3.05) is 6.54 Å². The van der Waals surface area contributed by atoms with Crippen LogP contribution in [0.15, 0.2) is 22.7 Å². The van der Waals surface area contributed by atoms with Crippen LogP contribution in [0.4, 0.5) is 0 Å². The van der Waals surface area contributed by atoms with E-state index in [1.807, 2.05) is 12.1 Å². The molecule has 0 bridgehead atoms. The van der Waals surface area contributed by atoms with E-state index in [-0.39, 0.29) is 6.04 Å². The van der Waals surface area contributed by atoms with Crippen molar-refractivity contribution in [3.05, 3.63) is 39.1 Å². The molecule has 7 heteroatoms. The Morgan fingerprint density at radius 2 is 2.25 bits per heavy atom. The third-order valence-electron chi connectivity index (χ3n) is 2.92. The van der Waals surface area contributed by atoms with Crippen LogP contribution in [0.2, 0.25) is 5.02 Å². The Hall–Kier alpha value is -0.980. The summed E-state index contributed by atoms with van der Waals surface area (Å²) in [4.78, 5) is 1.47. The van der Waals surface area contributed by atoms with Crippen molar-refractivity contribution in [3.63, 3.8) is 0 Å². The number of nitrogens with zero attached hydrogens (tertiary/aromatic N) is 4. The molecule has 1 N–H and O–H groups in total. The first kappa shape index (κ1) is 15.4. The van der Waals surface area contributed by atoms with Gasteiger partial charge in [-0.15, -0.1) is 10.2 Å². The molecule has 5 nitrogen and oxygen atoms in total. The predicted octanol–water partition coefficient (Wildman–Crippen LogP) is 2.91. The lowest BCUT2D eigenvalue weighted by atomic mass is 10.0. The zero-order valence-corrected chi connectivity index (χ0v) is 13.8. The van der Waals surface area contributed by atoms with Gasteiger partial charge in [0.05, 0.1) is 12.1 Å². The van der Waals surface area contributed by atoms with E-state index in [9.17, 15) is 0 Å². The SMILES string of the molecule is CCCNC(Cc1nnn(C)n1)c1ccc(Br)c(Cl)c1. The summed E-state index contributed by atoms with van der Waals surface area (Å²) in [7, 11) is 1.77. The smallest absolute Gasteiger partial charge is 0.176 e. The van der Waals surface area contributed by atoms with Crippen molar-refractivity contribution in [3.8, 4) is 0 Å². The van der Waals surface area contributed by atoms with Gasteiger partial charge in [0.1, 0.15) is 0 Å². The van der Waals surface area contributed by atoms with Gasteiger partial charge in [0.25, 0.3) is 0 Å². The molecule has 2 rings (SSSR count). The molecule has 2 aromatic rings. The van der Waals surface area contributed by atoms with E-state index in [1.54, 1.807) is 7.05 Å². The van der Waals surface area contributed by atoms with Crippen molar-refractivity contribution in [1.29, 1.82) is 0 Å². The van der Waals surface area contributed by atoms with Crippen molar-refractivity contribution in [2.45, 2.75) is 25.8 Å². The van der Waals surface area contributed by atoms with Crippen LogP contribution in [-0.4, -0.2) is 26.8 Å². The van der Waals surface area contributed by atoms with Gasteiger partial charge >= 0.3 is 0 Å².